The van der Waals surface area contributed by atoms with Crippen molar-refractivity contribution in [1.29, 1.82) is 5.41 Å². The molecule has 5 nitrogen and oxygen atoms in total. The van der Waals surface area contributed by atoms with Crippen LogP contribution >= 0.6 is 0 Å². The molecular weight excluding hydrogens is 396 g/mol. The van der Waals surface area contributed by atoms with Crippen LogP contribution in [-0.2, 0) is 6.54 Å². The van der Waals surface area contributed by atoms with E-state index in [4.69, 9.17) is 11.1 Å². The number of aromatic nitrogens is 1. The molecule has 1 aliphatic heterocycles. The van der Waals surface area contributed by atoms with Crippen molar-refractivity contribution in [2.24, 2.45) is 11.7 Å². The Labute approximate surface area is 190 Å². The number of carbonyl (C=O) groups excluding carboxylic acids is 1. The monoisotopic (exact) mass is 428 g/mol. The topological polar surface area (TPSA) is 75.1 Å². The maximum absolute atomic E-state index is 12.8. The number of hydrogen-bond acceptors (Lipinski definition) is 3. The molecule has 0 aliphatic carbocycles. The number of nitrogens with zero attached hydrogens (tertiary/aromatic N) is 2. The first kappa shape index (κ1) is 21.9. The molecule has 1 fully saturated rings. The third-order valence-corrected chi connectivity index (χ3v) is 6.61. The van der Waals surface area contributed by atoms with Crippen LogP contribution in [0.3, 0.4) is 0 Å². The molecule has 0 spiro atoms. The Morgan fingerprint density at radius 3 is 2.69 bits per heavy atom. The Hall–Kier alpha value is -3.34. The molecule has 32 heavy (non-hydrogen) atoms. The van der Waals surface area contributed by atoms with Crippen molar-refractivity contribution in [3.63, 3.8) is 0 Å². The molecule has 1 aromatic heterocycles. The molecule has 4 rings (SSSR count). The molecule has 1 aliphatic rings. The number of benzene rings is 2. The van der Waals surface area contributed by atoms with E-state index in [0.29, 0.717) is 5.92 Å². The van der Waals surface area contributed by atoms with Crippen molar-refractivity contribution in [3.05, 3.63) is 78.1 Å². The van der Waals surface area contributed by atoms with Crippen molar-refractivity contribution in [1.82, 2.24) is 9.47 Å². The van der Waals surface area contributed by atoms with Gasteiger partial charge in [-0.2, -0.15) is 0 Å². The number of aryl methyl sites for hydroxylation is 1. The second kappa shape index (κ2) is 10.3. The summed E-state index contributed by atoms with van der Waals surface area (Å²) < 4.78 is 2.32. The number of allylic oxidation sites excluding steroid dienone is 1. The first-order valence-corrected chi connectivity index (χ1v) is 11.6. The van der Waals surface area contributed by atoms with Crippen molar-refractivity contribution in [3.8, 4) is 0 Å². The Balaban J connectivity index is 1.30. The summed E-state index contributed by atoms with van der Waals surface area (Å²) in [5.41, 5.74) is 9.34. The van der Waals surface area contributed by atoms with Crippen molar-refractivity contribution in [2.75, 3.05) is 13.1 Å². The highest BCUT2D eigenvalue weighted by molar-refractivity contribution is 6.09. The molecule has 2 heterocycles. The Bertz CT molecular complexity index is 1100. The number of hydrogen-bond donors (Lipinski definition) is 2. The summed E-state index contributed by atoms with van der Waals surface area (Å²) in [6.07, 6.45) is 10.6. The van der Waals surface area contributed by atoms with Crippen molar-refractivity contribution >= 4 is 28.6 Å². The van der Waals surface area contributed by atoms with Crippen LogP contribution < -0.4 is 5.73 Å². The van der Waals surface area contributed by atoms with Gasteiger partial charge in [-0.05, 0) is 73.9 Å². The fourth-order valence-corrected chi connectivity index (χ4v) is 4.77. The van der Waals surface area contributed by atoms with Gasteiger partial charge in [0.2, 0.25) is 0 Å². The summed E-state index contributed by atoms with van der Waals surface area (Å²) in [5, 5.41) is 8.67. The first-order valence-electron chi connectivity index (χ1n) is 11.6. The predicted octanol–water partition coefficient (Wildman–Crippen LogP) is 5.31. The maximum Gasteiger partial charge on any atom is 0.253 e. The maximum atomic E-state index is 12.8. The lowest BCUT2D eigenvalue weighted by atomic mass is 9.95. The number of carbonyl (C=O) groups is 1. The number of likely N-dealkylation sites (tertiary alicyclic amines) is 1. The number of nitrogens with one attached hydrogen (secondary N) is 1. The van der Waals surface area contributed by atoms with Gasteiger partial charge in [-0.25, -0.2) is 0 Å². The number of amides is 1. The van der Waals surface area contributed by atoms with E-state index in [1.54, 1.807) is 0 Å². The molecule has 3 aromatic rings. The first-order chi connectivity index (χ1) is 15.7. The van der Waals surface area contributed by atoms with Crippen LogP contribution in [0.15, 0.2) is 67.0 Å². The lowest BCUT2D eigenvalue weighted by molar-refractivity contribution is 0.0760. The predicted molar refractivity (Wildman–Crippen MR) is 132 cm³/mol. The molecule has 1 unspecified atom stereocenters. The van der Waals surface area contributed by atoms with Gasteiger partial charge in [0.15, 0.2) is 0 Å². The van der Waals surface area contributed by atoms with Crippen molar-refractivity contribution in [2.45, 2.75) is 38.6 Å². The van der Waals surface area contributed by atoms with Gasteiger partial charge in [0.05, 0.1) is 0 Å². The highest BCUT2D eigenvalue weighted by Gasteiger charge is 2.21. The number of nitrogens with two attached hydrogens (primary N) is 1. The van der Waals surface area contributed by atoms with E-state index in [9.17, 15) is 4.79 Å². The van der Waals surface area contributed by atoms with Crippen LogP contribution in [0.5, 0.6) is 0 Å². The molecular formula is C27H32N4O. The Morgan fingerprint density at radius 1 is 1.06 bits per heavy atom. The van der Waals surface area contributed by atoms with Crippen LogP contribution in [0.4, 0.5) is 0 Å². The summed E-state index contributed by atoms with van der Waals surface area (Å²) >= 11 is 0. The molecule has 5 heteroatoms. The van der Waals surface area contributed by atoms with Gasteiger partial charge in [-0.15, -0.1) is 0 Å². The lowest BCUT2D eigenvalue weighted by Crippen LogP contribution is -2.31. The van der Waals surface area contributed by atoms with Gasteiger partial charge in [0.25, 0.3) is 5.91 Å². The standard InChI is InChI=1S/C27H32N4O/c28-19-25(20-29)23-10-11-26-24(18-23)13-17-30(26)14-4-6-21-7-5-15-31(16-12-21)27(32)22-8-2-1-3-9-22/h1-3,8-11,13,17-21,28H,4-7,12,14-16,29H2/b25-20+,28-19?. The van der Waals surface area contributed by atoms with E-state index >= 15 is 0 Å². The van der Waals surface area contributed by atoms with Crippen molar-refractivity contribution < 1.29 is 4.79 Å². The van der Waals surface area contributed by atoms with Crippen LogP contribution in [0.2, 0.25) is 0 Å². The molecule has 1 atom stereocenters. The molecule has 3 N–H and O–H groups in total. The van der Waals surface area contributed by atoms with E-state index in [1.807, 2.05) is 41.3 Å². The highest BCUT2D eigenvalue weighted by atomic mass is 16.2. The van der Waals surface area contributed by atoms with Crippen LogP contribution in [-0.4, -0.2) is 34.7 Å². The van der Waals surface area contributed by atoms with Crippen LogP contribution in [0.1, 0.15) is 48.0 Å². The fourth-order valence-electron chi connectivity index (χ4n) is 4.77. The molecule has 1 amide bonds. The summed E-state index contributed by atoms with van der Waals surface area (Å²) in [5.74, 6) is 0.849. The zero-order valence-electron chi connectivity index (χ0n) is 18.5. The van der Waals surface area contributed by atoms with Gasteiger partial charge in [-0.1, -0.05) is 24.3 Å². The largest absolute Gasteiger partial charge is 0.404 e. The SMILES string of the molecule is N=C/C(=C\N)c1ccc2c(ccn2CCCC2CCCN(C(=O)c3ccccc3)CC2)c1. The van der Waals surface area contributed by atoms with E-state index in [-0.39, 0.29) is 5.91 Å². The van der Waals surface area contributed by atoms with Gasteiger partial charge in [0, 0.05) is 60.3 Å². The fraction of sp³-hybridized carbons (Fsp3) is 0.333. The molecule has 2 aromatic carbocycles. The minimum atomic E-state index is 0.167. The van der Waals surface area contributed by atoms with Gasteiger partial charge in [-0.3, -0.25) is 4.79 Å². The van der Waals surface area contributed by atoms with Gasteiger partial charge >= 0.3 is 0 Å². The van der Waals surface area contributed by atoms with E-state index in [0.717, 1.165) is 55.6 Å². The second-order valence-corrected chi connectivity index (χ2v) is 8.65. The number of fused-ring (bicyclic) bond motifs is 1. The zero-order chi connectivity index (χ0) is 22.3. The Kier molecular flexibility index (Phi) is 7.05. The average Bonchev–Trinajstić information content (AvgIpc) is 3.08. The zero-order valence-corrected chi connectivity index (χ0v) is 18.5. The summed E-state index contributed by atoms with van der Waals surface area (Å²) in [4.78, 5) is 14.8. The lowest BCUT2D eigenvalue weighted by Gasteiger charge is -2.20. The van der Waals surface area contributed by atoms with Crippen LogP contribution in [0.25, 0.3) is 16.5 Å². The third-order valence-electron chi connectivity index (χ3n) is 6.61. The highest BCUT2D eigenvalue weighted by Crippen LogP contribution is 2.25. The summed E-state index contributed by atoms with van der Waals surface area (Å²) in [7, 11) is 0. The third kappa shape index (κ3) is 4.93. The van der Waals surface area contributed by atoms with E-state index < -0.39 is 0 Å². The molecule has 0 saturated carbocycles. The normalized spacial score (nSPS) is 17.3. The smallest absolute Gasteiger partial charge is 0.253 e. The number of rotatable bonds is 7. The molecule has 166 valence electrons. The average molecular weight is 429 g/mol. The van der Waals surface area contributed by atoms with Gasteiger partial charge < -0.3 is 20.6 Å². The minimum absolute atomic E-state index is 0.167. The summed E-state index contributed by atoms with van der Waals surface area (Å²) in [6, 6.07) is 18.0. The van der Waals surface area contributed by atoms with Gasteiger partial charge in [0.1, 0.15) is 0 Å². The quantitative estimate of drug-likeness (QED) is 0.500. The van der Waals surface area contributed by atoms with Crippen LogP contribution in [0, 0.1) is 11.3 Å². The molecule has 0 bridgehead atoms. The summed E-state index contributed by atoms with van der Waals surface area (Å²) in [6.45, 7) is 2.72. The molecule has 1 saturated heterocycles. The Morgan fingerprint density at radius 2 is 1.91 bits per heavy atom. The minimum Gasteiger partial charge on any atom is -0.404 e. The van der Waals surface area contributed by atoms with E-state index in [1.165, 1.54) is 36.2 Å². The molecule has 0 radical (unpaired) electrons. The van der Waals surface area contributed by atoms with E-state index in [2.05, 4.69) is 29.0 Å². The second-order valence-electron chi connectivity index (χ2n) is 8.65.